The molecule has 28 heavy (non-hydrogen) atoms. The Kier molecular flexibility index (Phi) is 5.99. The van der Waals surface area contributed by atoms with E-state index in [1.165, 1.54) is 18.2 Å². The fourth-order valence-electron chi connectivity index (χ4n) is 2.69. The third-order valence-corrected chi connectivity index (χ3v) is 4.82. The molecule has 1 atom stereocenters. The van der Waals surface area contributed by atoms with Crippen LogP contribution in [0.2, 0.25) is 0 Å². The van der Waals surface area contributed by atoms with E-state index in [-0.39, 0.29) is 18.4 Å². The first-order valence-electron chi connectivity index (χ1n) is 8.59. The number of carbonyl (C=O) groups excluding carboxylic acids is 2. The number of nitrogens with zero attached hydrogens (tertiary/aromatic N) is 1. The lowest BCUT2D eigenvalue weighted by Crippen LogP contribution is -2.30. The molecule has 8 heteroatoms. The van der Waals surface area contributed by atoms with Gasteiger partial charge in [0.2, 0.25) is 5.91 Å². The van der Waals surface area contributed by atoms with Crippen LogP contribution in [0.1, 0.15) is 6.92 Å². The highest BCUT2D eigenvalue weighted by molar-refractivity contribution is 9.10. The van der Waals surface area contributed by atoms with E-state index < -0.39 is 11.9 Å². The predicted octanol–water partition coefficient (Wildman–Crippen LogP) is 3.69. The molecule has 0 aliphatic rings. The third kappa shape index (κ3) is 4.51. The molecule has 0 spiro atoms. The number of halogens is 2. The van der Waals surface area contributed by atoms with Crippen LogP contribution in [0.3, 0.4) is 0 Å². The number of carbonyl (C=O) groups is 2. The van der Waals surface area contributed by atoms with Crippen molar-refractivity contribution >= 4 is 44.3 Å². The van der Waals surface area contributed by atoms with Gasteiger partial charge in [0.25, 0.3) is 5.91 Å². The van der Waals surface area contributed by atoms with Gasteiger partial charge in [-0.15, -0.1) is 0 Å². The number of benzene rings is 2. The molecule has 0 saturated carbocycles. The van der Waals surface area contributed by atoms with Crippen LogP contribution in [0.4, 0.5) is 10.1 Å². The van der Waals surface area contributed by atoms with Crippen LogP contribution >= 0.6 is 15.9 Å². The summed E-state index contributed by atoms with van der Waals surface area (Å²) in [5, 5.41) is 6.35. The molecule has 2 amide bonds. The number of anilines is 1. The number of rotatable bonds is 6. The summed E-state index contributed by atoms with van der Waals surface area (Å²) in [5.74, 6) is -0.484. The maximum atomic E-state index is 13.2. The molecular formula is C20H19BrFN3O3. The fourth-order valence-corrected chi connectivity index (χ4v) is 3.14. The molecule has 0 aliphatic heterocycles. The molecule has 0 aliphatic carbocycles. The van der Waals surface area contributed by atoms with Crippen molar-refractivity contribution < 1.29 is 18.7 Å². The van der Waals surface area contributed by atoms with Gasteiger partial charge >= 0.3 is 0 Å². The van der Waals surface area contributed by atoms with Crippen molar-refractivity contribution in [2.75, 3.05) is 12.4 Å². The standard InChI is InChI=1S/C20H19BrFN3O3/c1-12(28-18-6-4-14(22)9-16(18)21)20(27)24-15-5-3-13-7-8-25(17(13)10-15)11-19(26)23-2/h3-10,12H,11H2,1-2H3,(H,23,26)(H,24,27). The largest absolute Gasteiger partial charge is 0.480 e. The summed E-state index contributed by atoms with van der Waals surface area (Å²) in [5.41, 5.74) is 1.42. The van der Waals surface area contributed by atoms with Crippen LogP contribution in [0, 0.1) is 5.82 Å². The van der Waals surface area contributed by atoms with Crippen LogP contribution < -0.4 is 15.4 Å². The molecule has 1 aromatic heterocycles. The number of fused-ring (bicyclic) bond motifs is 1. The molecular weight excluding hydrogens is 429 g/mol. The zero-order chi connectivity index (χ0) is 20.3. The number of hydrogen-bond donors (Lipinski definition) is 2. The summed E-state index contributed by atoms with van der Waals surface area (Å²) in [6, 6.07) is 11.4. The van der Waals surface area contributed by atoms with Crippen LogP contribution in [0.5, 0.6) is 5.75 Å². The Hall–Kier alpha value is -2.87. The normalized spacial score (nSPS) is 11.9. The molecule has 0 radical (unpaired) electrons. The minimum absolute atomic E-state index is 0.112. The maximum absolute atomic E-state index is 13.2. The average Bonchev–Trinajstić information content (AvgIpc) is 3.05. The molecule has 2 N–H and O–H groups in total. The van der Waals surface area contributed by atoms with Gasteiger partial charge in [-0.25, -0.2) is 4.39 Å². The van der Waals surface area contributed by atoms with Crippen molar-refractivity contribution in [3.63, 3.8) is 0 Å². The zero-order valence-corrected chi connectivity index (χ0v) is 16.9. The first-order valence-corrected chi connectivity index (χ1v) is 9.38. The smallest absolute Gasteiger partial charge is 0.265 e. The Balaban J connectivity index is 1.73. The van der Waals surface area contributed by atoms with Gasteiger partial charge in [0, 0.05) is 18.9 Å². The highest BCUT2D eigenvalue weighted by Crippen LogP contribution is 2.27. The lowest BCUT2D eigenvalue weighted by atomic mass is 10.2. The highest BCUT2D eigenvalue weighted by atomic mass is 79.9. The van der Waals surface area contributed by atoms with E-state index in [0.717, 1.165) is 10.9 Å². The second-order valence-corrected chi connectivity index (χ2v) is 7.07. The maximum Gasteiger partial charge on any atom is 0.265 e. The summed E-state index contributed by atoms with van der Waals surface area (Å²) < 4.78 is 21.0. The average molecular weight is 448 g/mol. The van der Waals surface area contributed by atoms with Crippen molar-refractivity contribution in [1.29, 1.82) is 0 Å². The van der Waals surface area contributed by atoms with E-state index in [2.05, 4.69) is 26.6 Å². The number of aromatic nitrogens is 1. The molecule has 3 aromatic rings. The van der Waals surface area contributed by atoms with E-state index in [1.807, 2.05) is 18.3 Å². The minimum Gasteiger partial charge on any atom is -0.480 e. The van der Waals surface area contributed by atoms with Gasteiger partial charge in [-0.2, -0.15) is 0 Å². The number of ether oxygens (including phenoxy) is 1. The molecule has 0 bridgehead atoms. The molecule has 3 rings (SSSR count). The molecule has 146 valence electrons. The SMILES string of the molecule is CNC(=O)Cn1ccc2ccc(NC(=O)C(C)Oc3ccc(F)cc3Br)cc21. The lowest BCUT2D eigenvalue weighted by Gasteiger charge is -2.16. The number of amides is 2. The van der Waals surface area contributed by atoms with Gasteiger partial charge < -0.3 is 19.9 Å². The van der Waals surface area contributed by atoms with Gasteiger partial charge in [-0.1, -0.05) is 6.07 Å². The van der Waals surface area contributed by atoms with E-state index in [0.29, 0.717) is 15.9 Å². The number of nitrogens with one attached hydrogen (secondary N) is 2. The first-order chi connectivity index (χ1) is 13.4. The van der Waals surface area contributed by atoms with Gasteiger partial charge in [0.05, 0.1) is 9.99 Å². The van der Waals surface area contributed by atoms with Crippen molar-refractivity contribution in [3.8, 4) is 5.75 Å². The van der Waals surface area contributed by atoms with Crippen molar-refractivity contribution in [1.82, 2.24) is 9.88 Å². The lowest BCUT2D eigenvalue weighted by molar-refractivity contribution is -0.122. The zero-order valence-electron chi connectivity index (χ0n) is 15.3. The Labute approximate surface area is 169 Å². The Bertz CT molecular complexity index is 1030. The van der Waals surface area contributed by atoms with Crippen molar-refractivity contribution in [2.45, 2.75) is 19.6 Å². The van der Waals surface area contributed by atoms with Gasteiger partial charge in [-0.05, 0) is 64.6 Å². The van der Waals surface area contributed by atoms with E-state index in [4.69, 9.17) is 4.74 Å². The molecule has 2 aromatic carbocycles. The Morgan fingerprint density at radius 1 is 1.21 bits per heavy atom. The quantitative estimate of drug-likeness (QED) is 0.604. The summed E-state index contributed by atoms with van der Waals surface area (Å²) in [6.07, 6.45) is 1.03. The topological polar surface area (TPSA) is 72.4 Å². The second kappa shape index (κ2) is 8.43. The monoisotopic (exact) mass is 447 g/mol. The summed E-state index contributed by atoms with van der Waals surface area (Å²) in [6.45, 7) is 1.80. The second-order valence-electron chi connectivity index (χ2n) is 6.21. The van der Waals surface area contributed by atoms with Crippen LogP contribution in [0.15, 0.2) is 53.1 Å². The molecule has 6 nitrogen and oxygen atoms in total. The van der Waals surface area contributed by atoms with Gasteiger partial charge in [-0.3, -0.25) is 9.59 Å². The molecule has 0 saturated heterocycles. The van der Waals surface area contributed by atoms with E-state index in [1.54, 1.807) is 30.7 Å². The number of likely N-dealkylation sites (N-methyl/N-ethyl adjacent to an activating group) is 1. The van der Waals surface area contributed by atoms with Crippen molar-refractivity contribution in [2.24, 2.45) is 0 Å². The highest BCUT2D eigenvalue weighted by Gasteiger charge is 2.17. The first kappa shape index (κ1) is 19.9. The summed E-state index contributed by atoms with van der Waals surface area (Å²) in [4.78, 5) is 24.1. The van der Waals surface area contributed by atoms with E-state index >= 15 is 0 Å². The van der Waals surface area contributed by atoms with Gasteiger partial charge in [0.1, 0.15) is 18.1 Å². The van der Waals surface area contributed by atoms with Gasteiger partial charge in [0.15, 0.2) is 6.10 Å². The minimum atomic E-state index is -0.796. The molecule has 1 unspecified atom stereocenters. The molecule has 1 heterocycles. The Morgan fingerprint density at radius 2 is 2.00 bits per heavy atom. The summed E-state index contributed by atoms with van der Waals surface area (Å²) in [7, 11) is 1.58. The number of hydrogen-bond acceptors (Lipinski definition) is 3. The fraction of sp³-hybridized carbons (Fsp3) is 0.200. The Morgan fingerprint density at radius 3 is 2.71 bits per heavy atom. The van der Waals surface area contributed by atoms with Crippen LogP contribution in [-0.4, -0.2) is 29.5 Å². The van der Waals surface area contributed by atoms with Crippen LogP contribution in [0.25, 0.3) is 10.9 Å². The summed E-state index contributed by atoms with van der Waals surface area (Å²) >= 11 is 3.22. The van der Waals surface area contributed by atoms with E-state index in [9.17, 15) is 14.0 Å². The predicted molar refractivity (Wildman–Crippen MR) is 109 cm³/mol. The third-order valence-electron chi connectivity index (χ3n) is 4.20. The van der Waals surface area contributed by atoms with Crippen molar-refractivity contribution in [3.05, 3.63) is 59.0 Å². The molecule has 0 fully saturated rings. The van der Waals surface area contributed by atoms with Crippen LogP contribution in [-0.2, 0) is 16.1 Å².